The summed E-state index contributed by atoms with van der Waals surface area (Å²) < 4.78 is 8.78. The van der Waals surface area contributed by atoms with E-state index in [9.17, 15) is 14.8 Å². The number of fused-ring (bicyclic) bond motifs is 5. The molecule has 9 heteroatoms. The maximum absolute atomic E-state index is 13.1. The number of carbonyl (C=O) groups is 1. The molecular weight excluding hydrogens is 400 g/mol. The monoisotopic (exact) mass is 423 g/mol. The Bertz CT molecular complexity index is 1210. The molecule has 0 radical (unpaired) electrons. The van der Waals surface area contributed by atoms with Crippen molar-refractivity contribution in [2.75, 3.05) is 25.4 Å². The van der Waals surface area contributed by atoms with E-state index in [-0.39, 0.29) is 35.2 Å². The Labute approximate surface area is 178 Å². The van der Waals surface area contributed by atoms with Crippen LogP contribution < -0.4 is 15.5 Å². The van der Waals surface area contributed by atoms with Gasteiger partial charge < -0.3 is 29.2 Å². The van der Waals surface area contributed by atoms with Gasteiger partial charge >= 0.3 is 0 Å². The molecule has 1 fully saturated rings. The molecular formula is C22H23N4O5-. The Hall–Kier alpha value is -3.30. The standard InChI is InChI=1S/C22H23N4O5/c1-31-17-2-3-18-15(9-17)6-7-23(18)13-21(27)24-10-14-8-16(12-24)19-4-5-20(26(29)30)22(28)25(19)11-14/h2-7,9,14,16,29H,8,10-13H2,1H3/q-1. The number of aromatic nitrogens is 2. The van der Waals surface area contributed by atoms with Crippen LogP contribution in [0.1, 0.15) is 18.0 Å². The van der Waals surface area contributed by atoms with Crippen molar-refractivity contribution in [3.63, 3.8) is 0 Å². The SMILES string of the molecule is COc1ccc2c(ccn2CC(=O)N2CC3CC(C2)c2ccc(N([O-])O)c(=O)n2C3)c1. The lowest BCUT2D eigenvalue weighted by atomic mass is 9.83. The highest BCUT2D eigenvalue weighted by Crippen LogP contribution is 2.35. The number of pyridine rings is 1. The molecule has 31 heavy (non-hydrogen) atoms. The molecule has 162 valence electrons. The van der Waals surface area contributed by atoms with Gasteiger partial charge in [-0.25, -0.2) is 0 Å². The van der Waals surface area contributed by atoms with E-state index in [1.54, 1.807) is 17.7 Å². The summed E-state index contributed by atoms with van der Waals surface area (Å²) in [7, 11) is 1.63. The van der Waals surface area contributed by atoms with Crippen molar-refractivity contribution >= 4 is 22.5 Å². The third kappa shape index (κ3) is 3.35. The average molecular weight is 423 g/mol. The number of rotatable bonds is 4. The molecule has 1 amide bonds. The van der Waals surface area contributed by atoms with Crippen LogP contribution in [-0.4, -0.2) is 45.3 Å². The quantitative estimate of drug-likeness (QED) is 0.645. The number of nitrogens with zero attached hydrogens (tertiary/aromatic N) is 4. The van der Waals surface area contributed by atoms with Gasteiger partial charge in [0.2, 0.25) is 5.91 Å². The van der Waals surface area contributed by atoms with Gasteiger partial charge in [0, 0.05) is 48.3 Å². The maximum atomic E-state index is 13.1. The van der Waals surface area contributed by atoms with E-state index in [0.717, 1.165) is 28.8 Å². The topological polar surface area (TPSA) is 103 Å². The zero-order valence-corrected chi connectivity index (χ0v) is 17.1. The highest BCUT2D eigenvalue weighted by molar-refractivity contribution is 5.84. The number of ether oxygens (including phenoxy) is 1. The summed E-state index contributed by atoms with van der Waals surface area (Å²) in [5, 5.41) is 21.0. The number of piperidine rings is 1. The van der Waals surface area contributed by atoms with Gasteiger partial charge in [0.1, 0.15) is 18.0 Å². The maximum Gasteiger partial charge on any atom is 0.275 e. The molecule has 3 aromatic rings. The molecule has 1 aromatic carbocycles. The van der Waals surface area contributed by atoms with Crippen LogP contribution >= 0.6 is 0 Å². The number of benzene rings is 1. The number of amides is 1. The summed E-state index contributed by atoms with van der Waals surface area (Å²) in [4.78, 5) is 27.5. The fourth-order valence-corrected chi connectivity index (χ4v) is 4.97. The lowest BCUT2D eigenvalue weighted by Crippen LogP contribution is -2.50. The van der Waals surface area contributed by atoms with Crippen LogP contribution in [-0.2, 0) is 17.9 Å². The molecule has 1 N–H and O–H groups in total. The van der Waals surface area contributed by atoms with E-state index in [2.05, 4.69) is 0 Å². The van der Waals surface area contributed by atoms with Crippen molar-refractivity contribution in [2.45, 2.75) is 25.4 Å². The number of anilines is 1. The van der Waals surface area contributed by atoms with Crippen molar-refractivity contribution in [3.05, 3.63) is 63.9 Å². The second-order valence-electron chi connectivity index (χ2n) is 8.30. The van der Waals surface area contributed by atoms with Crippen LogP contribution in [0.3, 0.4) is 0 Å². The van der Waals surface area contributed by atoms with E-state index in [1.165, 1.54) is 6.07 Å². The number of hydrogen-bond acceptors (Lipinski definition) is 6. The summed E-state index contributed by atoms with van der Waals surface area (Å²) in [6.45, 7) is 1.78. The van der Waals surface area contributed by atoms with Crippen molar-refractivity contribution < 1.29 is 14.7 Å². The average Bonchev–Trinajstić information content (AvgIpc) is 3.15. The number of likely N-dealkylation sites (tertiary alicyclic amines) is 1. The van der Waals surface area contributed by atoms with Crippen LogP contribution in [0, 0.1) is 11.1 Å². The summed E-state index contributed by atoms with van der Waals surface area (Å²) in [6, 6.07) is 10.8. The Morgan fingerprint density at radius 2 is 2.06 bits per heavy atom. The Balaban J connectivity index is 1.36. The van der Waals surface area contributed by atoms with Crippen molar-refractivity contribution in [2.24, 2.45) is 5.92 Å². The molecule has 2 atom stereocenters. The van der Waals surface area contributed by atoms with E-state index >= 15 is 0 Å². The first-order chi connectivity index (χ1) is 14.9. The summed E-state index contributed by atoms with van der Waals surface area (Å²) >= 11 is 0. The second-order valence-corrected chi connectivity index (χ2v) is 8.30. The zero-order valence-electron chi connectivity index (χ0n) is 17.1. The predicted octanol–water partition coefficient (Wildman–Crippen LogP) is 2.15. The molecule has 9 nitrogen and oxygen atoms in total. The molecule has 0 spiro atoms. The normalized spacial score (nSPS) is 19.9. The summed E-state index contributed by atoms with van der Waals surface area (Å²) in [6.07, 6.45) is 2.81. The first-order valence-electron chi connectivity index (χ1n) is 10.2. The van der Waals surface area contributed by atoms with Crippen LogP contribution in [0.4, 0.5) is 5.69 Å². The van der Waals surface area contributed by atoms with Gasteiger partial charge in [-0.1, -0.05) is 0 Å². The minimum atomic E-state index is -0.487. The molecule has 2 unspecified atom stereocenters. The lowest BCUT2D eigenvalue weighted by molar-refractivity contribution is -0.134. The Morgan fingerprint density at radius 1 is 1.23 bits per heavy atom. The third-order valence-electron chi connectivity index (χ3n) is 6.43. The number of hydrogen-bond donors (Lipinski definition) is 1. The minimum Gasteiger partial charge on any atom is -0.733 e. The van der Waals surface area contributed by atoms with E-state index in [0.29, 0.717) is 19.6 Å². The van der Waals surface area contributed by atoms with Gasteiger partial charge in [-0.2, -0.15) is 0 Å². The largest absolute Gasteiger partial charge is 0.733 e. The molecule has 0 aliphatic carbocycles. The van der Waals surface area contributed by atoms with Gasteiger partial charge in [-0.15, -0.1) is 0 Å². The van der Waals surface area contributed by atoms with E-state index in [4.69, 9.17) is 9.94 Å². The van der Waals surface area contributed by atoms with Crippen molar-refractivity contribution in [1.82, 2.24) is 14.0 Å². The van der Waals surface area contributed by atoms with Gasteiger partial charge in [0.15, 0.2) is 0 Å². The van der Waals surface area contributed by atoms with Crippen LogP contribution in [0.5, 0.6) is 5.75 Å². The molecule has 2 aromatic heterocycles. The van der Waals surface area contributed by atoms with Gasteiger partial charge in [-0.05, 0) is 48.7 Å². The van der Waals surface area contributed by atoms with Crippen LogP contribution in [0.2, 0.25) is 0 Å². The smallest absolute Gasteiger partial charge is 0.275 e. The fourth-order valence-electron chi connectivity index (χ4n) is 4.97. The Kier molecular flexibility index (Phi) is 4.71. The van der Waals surface area contributed by atoms with E-state index < -0.39 is 5.56 Å². The minimum absolute atomic E-state index is 0.0302. The van der Waals surface area contributed by atoms with Crippen LogP contribution in [0.15, 0.2) is 47.4 Å². The summed E-state index contributed by atoms with van der Waals surface area (Å²) in [5.41, 5.74) is 1.01. The lowest BCUT2D eigenvalue weighted by Gasteiger charge is -2.43. The molecule has 0 saturated carbocycles. The molecule has 2 aliphatic rings. The van der Waals surface area contributed by atoms with Gasteiger partial charge in [-0.3, -0.25) is 14.8 Å². The van der Waals surface area contributed by atoms with E-state index in [1.807, 2.05) is 39.9 Å². The van der Waals surface area contributed by atoms with Gasteiger partial charge in [0.25, 0.3) is 5.56 Å². The Morgan fingerprint density at radius 3 is 2.84 bits per heavy atom. The molecule has 2 bridgehead atoms. The molecule has 4 heterocycles. The first-order valence-corrected chi connectivity index (χ1v) is 10.2. The molecule has 2 aliphatic heterocycles. The summed E-state index contributed by atoms with van der Waals surface area (Å²) in [5.74, 6) is 0.977. The van der Waals surface area contributed by atoms with Crippen molar-refractivity contribution in [3.8, 4) is 5.75 Å². The zero-order chi connectivity index (χ0) is 21.7. The third-order valence-corrected chi connectivity index (χ3v) is 6.43. The highest BCUT2D eigenvalue weighted by Gasteiger charge is 2.36. The first kappa shape index (κ1) is 19.7. The number of methoxy groups -OCH3 is 1. The van der Waals surface area contributed by atoms with Crippen molar-refractivity contribution in [1.29, 1.82) is 0 Å². The fraction of sp³-hybridized carbons (Fsp3) is 0.364. The predicted molar refractivity (Wildman–Crippen MR) is 114 cm³/mol. The molecule has 1 saturated heterocycles. The van der Waals surface area contributed by atoms with Gasteiger partial charge in [0.05, 0.1) is 7.11 Å². The highest BCUT2D eigenvalue weighted by atomic mass is 16.8. The second kappa shape index (κ2) is 7.44. The van der Waals surface area contributed by atoms with Crippen LogP contribution in [0.25, 0.3) is 10.9 Å². The molecule has 5 rings (SSSR count). The number of carbonyl (C=O) groups excluding carboxylic acids is 1.